The van der Waals surface area contributed by atoms with E-state index in [0.29, 0.717) is 36.0 Å². The zero-order valence-electron chi connectivity index (χ0n) is 19.2. The van der Waals surface area contributed by atoms with Gasteiger partial charge in [0.2, 0.25) is 0 Å². The molecular weight excluding hydrogens is 442 g/mol. The van der Waals surface area contributed by atoms with Gasteiger partial charge in [-0.3, -0.25) is 10.1 Å². The maximum absolute atomic E-state index is 12.5. The van der Waals surface area contributed by atoms with E-state index in [1.807, 2.05) is 51.1 Å². The predicted octanol–water partition coefficient (Wildman–Crippen LogP) is 5.93. The summed E-state index contributed by atoms with van der Waals surface area (Å²) in [5, 5.41) is 8.04. The van der Waals surface area contributed by atoms with Crippen LogP contribution in [-0.2, 0) is 21.4 Å². The maximum atomic E-state index is 12.5. The number of nitrogens with one attached hydrogen (secondary N) is 1. The second-order valence-electron chi connectivity index (χ2n) is 8.52. The number of aromatic nitrogens is 2. The molecule has 1 N–H and O–H groups in total. The highest BCUT2D eigenvalue weighted by Crippen LogP contribution is 2.27. The fraction of sp³-hybridized carbons (Fsp3) is 0.320. The van der Waals surface area contributed by atoms with Gasteiger partial charge in [-0.25, -0.2) is 9.48 Å². The Morgan fingerprint density at radius 2 is 1.73 bits per heavy atom. The van der Waals surface area contributed by atoms with Gasteiger partial charge < -0.3 is 9.47 Å². The molecule has 0 fully saturated rings. The summed E-state index contributed by atoms with van der Waals surface area (Å²) in [7, 11) is 0. The van der Waals surface area contributed by atoms with Crippen LogP contribution in [0.15, 0.2) is 54.6 Å². The quantitative estimate of drug-likeness (QED) is 0.433. The van der Waals surface area contributed by atoms with E-state index in [9.17, 15) is 9.59 Å². The van der Waals surface area contributed by atoms with Crippen molar-refractivity contribution in [2.75, 3.05) is 11.9 Å². The Morgan fingerprint density at radius 3 is 2.33 bits per heavy atom. The van der Waals surface area contributed by atoms with Crippen molar-refractivity contribution in [3.63, 3.8) is 0 Å². The molecule has 1 heterocycles. The van der Waals surface area contributed by atoms with Crippen LogP contribution in [0.5, 0.6) is 5.75 Å². The SMILES string of the molecule is CCOC(=O)CCc1ccc(-n2nc(C(C)(C)C)cc2NC(=O)Oc2ccc(Cl)cc2)cc1. The number of hydrogen-bond donors (Lipinski definition) is 1. The van der Waals surface area contributed by atoms with Gasteiger partial charge >= 0.3 is 12.1 Å². The van der Waals surface area contributed by atoms with Gasteiger partial charge in [-0.1, -0.05) is 44.5 Å². The first-order valence-electron chi connectivity index (χ1n) is 10.8. The Balaban J connectivity index is 1.79. The van der Waals surface area contributed by atoms with Gasteiger partial charge in [-0.2, -0.15) is 5.10 Å². The third-order valence-electron chi connectivity index (χ3n) is 4.84. The second kappa shape index (κ2) is 10.5. The molecule has 0 aliphatic rings. The van der Waals surface area contributed by atoms with Crippen LogP contribution in [0.3, 0.4) is 0 Å². The molecule has 2 aromatic carbocycles. The number of nitrogens with zero attached hydrogens (tertiary/aromatic N) is 2. The molecule has 1 amide bonds. The predicted molar refractivity (Wildman–Crippen MR) is 128 cm³/mol. The average molecular weight is 470 g/mol. The van der Waals surface area contributed by atoms with Crippen molar-refractivity contribution >= 4 is 29.5 Å². The molecule has 7 nitrogen and oxygen atoms in total. The van der Waals surface area contributed by atoms with E-state index in [2.05, 4.69) is 5.32 Å². The summed E-state index contributed by atoms with van der Waals surface area (Å²) in [5.74, 6) is 0.650. The topological polar surface area (TPSA) is 82.5 Å². The number of amides is 1. The molecule has 0 atom stereocenters. The highest BCUT2D eigenvalue weighted by atomic mass is 35.5. The molecule has 174 valence electrons. The summed E-state index contributed by atoms with van der Waals surface area (Å²) in [6.45, 7) is 8.32. The second-order valence-corrected chi connectivity index (χ2v) is 8.95. The monoisotopic (exact) mass is 469 g/mol. The summed E-state index contributed by atoms with van der Waals surface area (Å²) >= 11 is 5.88. The molecule has 0 unspecified atom stereocenters. The first-order chi connectivity index (χ1) is 15.7. The lowest BCUT2D eigenvalue weighted by Crippen LogP contribution is -2.19. The average Bonchev–Trinajstić information content (AvgIpc) is 3.18. The van der Waals surface area contributed by atoms with Crippen molar-refractivity contribution < 1.29 is 19.1 Å². The smallest absolute Gasteiger partial charge is 0.418 e. The minimum atomic E-state index is -0.634. The van der Waals surface area contributed by atoms with Crippen molar-refractivity contribution in [1.82, 2.24) is 9.78 Å². The van der Waals surface area contributed by atoms with Crippen molar-refractivity contribution in [2.45, 2.75) is 46.0 Å². The van der Waals surface area contributed by atoms with Crippen LogP contribution in [0.4, 0.5) is 10.6 Å². The van der Waals surface area contributed by atoms with Gasteiger partial charge in [0.25, 0.3) is 0 Å². The third kappa shape index (κ3) is 6.83. The fourth-order valence-electron chi connectivity index (χ4n) is 3.06. The number of carbonyl (C=O) groups excluding carboxylic acids is 2. The Morgan fingerprint density at radius 1 is 1.06 bits per heavy atom. The lowest BCUT2D eigenvalue weighted by atomic mass is 9.92. The van der Waals surface area contributed by atoms with Crippen LogP contribution in [0.1, 0.15) is 45.4 Å². The van der Waals surface area contributed by atoms with Gasteiger partial charge in [-0.15, -0.1) is 0 Å². The Kier molecular flexibility index (Phi) is 7.76. The molecule has 3 rings (SSSR count). The van der Waals surface area contributed by atoms with Crippen LogP contribution in [0.2, 0.25) is 5.02 Å². The molecule has 1 aromatic heterocycles. The molecule has 8 heteroatoms. The molecule has 0 aliphatic heterocycles. The number of esters is 1. The number of rotatable bonds is 7. The highest BCUT2D eigenvalue weighted by molar-refractivity contribution is 6.30. The van der Waals surface area contributed by atoms with Crippen molar-refractivity contribution in [3.05, 3.63) is 70.9 Å². The fourth-order valence-corrected chi connectivity index (χ4v) is 3.18. The molecule has 0 saturated heterocycles. The van der Waals surface area contributed by atoms with Gasteiger partial charge in [0.05, 0.1) is 18.0 Å². The Labute approximate surface area is 198 Å². The van der Waals surface area contributed by atoms with Gasteiger partial charge in [-0.05, 0) is 55.3 Å². The van der Waals surface area contributed by atoms with E-state index >= 15 is 0 Å². The van der Waals surface area contributed by atoms with Gasteiger partial charge in [0.15, 0.2) is 0 Å². The van der Waals surface area contributed by atoms with Crippen molar-refractivity contribution in [2.24, 2.45) is 0 Å². The van der Waals surface area contributed by atoms with Crippen LogP contribution in [0.25, 0.3) is 5.69 Å². The number of hydrogen-bond acceptors (Lipinski definition) is 5. The molecule has 3 aromatic rings. The number of benzene rings is 2. The highest BCUT2D eigenvalue weighted by Gasteiger charge is 2.22. The zero-order valence-corrected chi connectivity index (χ0v) is 20.0. The molecule has 0 saturated carbocycles. The third-order valence-corrected chi connectivity index (χ3v) is 5.09. The summed E-state index contributed by atoms with van der Waals surface area (Å²) < 4.78 is 12.0. The van der Waals surface area contributed by atoms with Crippen LogP contribution < -0.4 is 10.1 Å². The first kappa shape index (κ1) is 24.3. The lowest BCUT2D eigenvalue weighted by molar-refractivity contribution is -0.143. The molecule has 0 bridgehead atoms. The van der Waals surface area contributed by atoms with Crippen molar-refractivity contribution in [3.8, 4) is 11.4 Å². The molecule has 0 aliphatic carbocycles. The largest absolute Gasteiger partial charge is 0.466 e. The normalized spacial score (nSPS) is 11.2. The number of carbonyl (C=O) groups is 2. The van der Waals surface area contributed by atoms with Crippen molar-refractivity contribution in [1.29, 1.82) is 0 Å². The summed E-state index contributed by atoms with van der Waals surface area (Å²) in [5.41, 5.74) is 2.37. The van der Waals surface area contributed by atoms with E-state index in [0.717, 1.165) is 16.9 Å². The van der Waals surface area contributed by atoms with E-state index in [1.54, 1.807) is 35.9 Å². The van der Waals surface area contributed by atoms with Crippen LogP contribution in [0, 0.1) is 0 Å². The minimum absolute atomic E-state index is 0.214. The summed E-state index contributed by atoms with van der Waals surface area (Å²) in [4.78, 5) is 24.1. The van der Waals surface area contributed by atoms with E-state index in [-0.39, 0.29) is 11.4 Å². The minimum Gasteiger partial charge on any atom is -0.466 e. The number of anilines is 1. The van der Waals surface area contributed by atoms with Crippen LogP contribution in [-0.4, -0.2) is 28.4 Å². The Bertz CT molecular complexity index is 1100. The van der Waals surface area contributed by atoms with Gasteiger partial charge in [0, 0.05) is 22.9 Å². The van der Waals surface area contributed by atoms with E-state index in [1.165, 1.54) is 0 Å². The lowest BCUT2D eigenvalue weighted by Gasteiger charge is -2.14. The summed E-state index contributed by atoms with van der Waals surface area (Å²) in [6.07, 6.45) is 0.279. The maximum Gasteiger partial charge on any atom is 0.418 e. The zero-order chi connectivity index (χ0) is 24.0. The molecule has 33 heavy (non-hydrogen) atoms. The van der Waals surface area contributed by atoms with Crippen LogP contribution >= 0.6 is 11.6 Å². The first-order valence-corrected chi connectivity index (χ1v) is 11.1. The summed E-state index contributed by atoms with van der Waals surface area (Å²) in [6, 6.07) is 16.0. The molecule has 0 spiro atoms. The number of ether oxygens (including phenoxy) is 2. The van der Waals surface area contributed by atoms with E-state index < -0.39 is 6.09 Å². The van der Waals surface area contributed by atoms with Gasteiger partial charge in [0.1, 0.15) is 11.6 Å². The number of aryl methyl sites for hydroxylation is 1. The molecule has 0 radical (unpaired) electrons. The Hall–Kier alpha value is -3.32. The number of halogens is 1. The standard InChI is InChI=1S/C25H28ClN3O4/c1-5-32-23(30)15-8-17-6-11-19(12-7-17)29-22(16-21(28-29)25(2,3)4)27-24(31)33-20-13-9-18(26)10-14-20/h6-7,9-14,16H,5,8,15H2,1-4H3,(H,27,31). The van der Waals surface area contributed by atoms with E-state index in [4.69, 9.17) is 26.2 Å². The molecular formula is C25H28ClN3O4.